The molecular formula is C28H55N3O4. The Balaban J connectivity index is 0. The summed E-state index contributed by atoms with van der Waals surface area (Å²) in [4.78, 5) is 37.9. The van der Waals surface area contributed by atoms with Crippen molar-refractivity contribution in [2.75, 3.05) is 33.3 Å². The van der Waals surface area contributed by atoms with Gasteiger partial charge in [0.15, 0.2) is 0 Å². The van der Waals surface area contributed by atoms with Gasteiger partial charge in [0.2, 0.25) is 12.3 Å². The first-order chi connectivity index (χ1) is 16.3. The predicted octanol–water partition coefficient (Wildman–Crippen LogP) is 4.90. The Bertz CT molecular complexity index is 609. The second kappa shape index (κ2) is 20.3. The highest BCUT2D eigenvalue weighted by Gasteiger charge is 2.22. The van der Waals surface area contributed by atoms with Crippen LogP contribution in [0.5, 0.6) is 0 Å². The molecule has 7 nitrogen and oxygen atoms in total. The van der Waals surface area contributed by atoms with Gasteiger partial charge >= 0.3 is 5.97 Å². The van der Waals surface area contributed by atoms with Crippen LogP contribution in [-0.2, 0) is 19.1 Å². The minimum absolute atomic E-state index is 0.0600. The summed E-state index contributed by atoms with van der Waals surface area (Å²) in [5.74, 6) is 1.17. The third-order valence-electron chi connectivity index (χ3n) is 5.81. The lowest BCUT2D eigenvalue weighted by Gasteiger charge is -2.34. The van der Waals surface area contributed by atoms with Gasteiger partial charge in [-0.05, 0) is 64.5 Å². The average Bonchev–Trinajstić information content (AvgIpc) is 2.80. The van der Waals surface area contributed by atoms with E-state index in [1.54, 1.807) is 27.0 Å². The number of likely N-dealkylation sites (tertiary alicyclic amines) is 1. The summed E-state index contributed by atoms with van der Waals surface area (Å²) in [6.07, 6.45) is 6.48. The molecule has 0 bridgehead atoms. The number of carbonyl (C=O) groups excluding carboxylic acids is 3. The number of rotatable bonds is 10. The van der Waals surface area contributed by atoms with Gasteiger partial charge in [0.1, 0.15) is 0 Å². The first-order valence-corrected chi connectivity index (χ1v) is 13.3. The van der Waals surface area contributed by atoms with E-state index in [1.807, 2.05) is 13.8 Å². The number of likely N-dealkylation sites (N-methyl/N-ethyl adjacent to an activating group) is 1. The summed E-state index contributed by atoms with van der Waals surface area (Å²) >= 11 is 0. The number of carbonyl (C=O) groups is 3. The Morgan fingerprint density at radius 3 is 1.89 bits per heavy atom. The van der Waals surface area contributed by atoms with Crippen LogP contribution in [0.2, 0.25) is 0 Å². The number of nitrogens with one attached hydrogen (secondary N) is 1. The van der Waals surface area contributed by atoms with E-state index >= 15 is 0 Å². The lowest BCUT2D eigenvalue weighted by molar-refractivity contribution is -0.138. The number of hydrogen-bond acceptors (Lipinski definition) is 5. The molecule has 0 aromatic heterocycles. The first-order valence-electron chi connectivity index (χ1n) is 13.3. The summed E-state index contributed by atoms with van der Waals surface area (Å²) in [6.45, 7) is 23.7. The molecule has 206 valence electrons. The van der Waals surface area contributed by atoms with E-state index < -0.39 is 0 Å². The van der Waals surface area contributed by atoms with Gasteiger partial charge in [-0.15, -0.1) is 0 Å². The smallest absolute Gasteiger partial charge is 0.333 e. The topological polar surface area (TPSA) is 79.0 Å². The van der Waals surface area contributed by atoms with Gasteiger partial charge in [-0.2, -0.15) is 0 Å². The Morgan fingerprint density at radius 2 is 1.49 bits per heavy atom. The predicted molar refractivity (Wildman–Crippen MR) is 146 cm³/mol. The van der Waals surface area contributed by atoms with Crippen LogP contribution in [0.15, 0.2) is 11.6 Å². The van der Waals surface area contributed by atoms with Crippen LogP contribution >= 0.6 is 0 Å². The second-order valence-corrected chi connectivity index (χ2v) is 10.6. The van der Waals surface area contributed by atoms with Crippen molar-refractivity contribution in [2.45, 2.75) is 101 Å². The zero-order valence-electron chi connectivity index (χ0n) is 24.5. The lowest BCUT2D eigenvalue weighted by Crippen LogP contribution is -2.43. The van der Waals surface area contributed by atoms with E-state index in [0.717, 1.165) is 17.9 Å². The maximum absolute atomic E-state index is 11.9. The fourth-order valence-electron chi connectivity index (χ4n) is 3.49. The van der Waals surface area contributed by atoms with Crippen molar-refractivity contribution in [3.8, 4) is 0 Å². The van der Waals surface area contributed by atoms with Gasteiger partial charge in [0.25, 0.3) is 0 Å². The minimum atomic E-state index is -0.384. The highest BCUT2D eigenvalue weighted by atomic mass is 16.5. The van der Waals surface area contributed by atoms with E-state index in [-0.39, 0.29) is 30.4 Å². The van der Waals surface area contributed by atoms with Crippen molar-refractivity contribution in [1.82, 2.24) is 15.1 Å². The van der Waals surface area contributed by atoms with Gasteiger partial charge in [0.05, 0.1) is 19.2 Å². The molecule has 7 heteroatoms. The van der Waals surface area contributed by atoms with Gasteiger partial charge < -0.3 is 19.9 Å². The Hall–Kier alpha value is -1.89. The van der Waals surface area contributed by atoms with E-state index in [0.29, 0.717) is 18.6 Å². The molecular weight excluding hydrogens is 442 g/mol. The number of piperidine rings is 1. The van der Waals surface area contributed by atoms with Crippen molar-refractivity contribution in [2.24, 2.45) is 17.8 Å². The van der Waals surface area contributed by atoms with Crippen molar-refractivity contribution >= 4 is 18.3 Å². The number of amides is 2. The van der Waals surface area contributed by atoms with Gasteiger partial charge in [-0.25, -0.2) is 4.79 Å². The maximum Gasteiger partial charge on any atom is 0.333 e. The van der Waals surface area contributed by atoms with Gasteiger partial charge in [0, 0.05) is 18.7 Å². The largest absolute Gasteiger partial charge is 0.463 e. The van der Waals surface area contributed by atoms with E-state index in [1.165, 1.54) is 37.3 Å². The average molecular weight is 498 g/mol. The number of hydrogen-bond donors (Lipinski definition) is 1. The van der Waals surface area contributed by atoms with Crippen molar-refractivity contribution in [3.63, 3.8) is 0 Å². The standard InChI is InChI=1S/C14H24N2O4.C10H21N.C4H10/c1-6-20-14(19)11(4)7-12(10(2)3)16(5)13(18)8-15-9-17;1-9(2)10(3)11-7-5-4-6-8-11;1-4(2)3/h7,9-10,12H,6,8H2,1-5H3,(H,15,17);9-10H,4-8H2,1-3H3;4H,1-3H3/b11-7+;;/t12-;;/m1../s1. The molecule has 1 heterocycles. The van der Waals surface area contributed by atoms with E-state index in [9.17, 15) is 14.4 Å². The highest BCUT2D eigenvalue weighted by molar-refractivity contribution is 5.88. The zero-order chi connectivity index (χ0) is 27.6. The summed E-state index contributed by atoms with van der Waals surface area (Å²) in [7, 11) is 1.65. The third kappa shape index (κ3) is 17.2. The summed E-state index contributed by atoms with van der Waals surface area (Å²) in [5.41, 5.74) is 0.466. The number of esters is 1. The Labute approximate surface area is 216 Å². The van der Waals surface area contributed by atoms with E-state index in [2.05, 4.69) is 51.8 Å². The maximum atomic E-state index is 11.9. The molecule has 1 fully saturated rings. The van der Waals surface area contributed by atoms with Crippen LogP contribution in [0, 0.1) is 17.8 Å². The molecule has 1 unspecified atom stereocenters. The molecule has 0 aromatic carbocycles. The molecule has 2 amide bonds. The summed E-state index contributed by atoms with van der Waals surface area (Å²) in [5, 5.41) is 2.34. The first kappa shape index (κ1) is 35.3. The molecule has 0 aromatic rings. The van der Waals surface area contributed by atoms with Gasteiger partial charge in [-0.3, -0.25) is 9.59 Å². The van der Waals surface area contributed by atoms with E-state index in [4.69, 9.17) is 4.74 Å². The van der Waals surface area contributed by atoms with Crippen LogP contribution in [0.25, 0.3) is 0 Å². The molecule has 1 aliphatic rings. The molecule has 35 heavy (non-hydrogen) atoms. The molecule has 0 aliphatic carbocycles. The van der Waals surface area contributed by atoms with Crippen LogP contribution < -0.4 is 5.32 Å². The number of nitrogens with zero attached hydrogens (tertiary/aromatic N) is 2. The summed E-state index contributed by atoms with van der Waals surface area (Å²) < 4.78 is 4.92. The Morgan fingerprint density at radius 1 is 0.971 bits per heavy atom. The van der Waals surface area contributed by atoms with Crippen LogP contribution in [0.3, 0.4) is 0 Å². The lowest BCUT2D eigenvalue weighted by atomic mass is 10.00. The van der Waals surface area contributed by atoms with Crippen molar-refractivity contribution in [3.05, 3.63) is 11.6 Å². The van der Waals surface area contributed by atoms with Crippen molar-refractivity contribution in [1.29, 1.82) is 0 Å². The molecule has 1 aliphatic heterocycles. The molecule has 0 saturated carbocycles. The molecule has 0 radical (unpaired) electrons. The van der Waals surface area contributed by atoms with Crippen LogP contribution in [0.1, 0.15) is 88.5 Å². The van der Waals surface area contributed by atoms with Crippen molar-refractivity contribution < 1.29 is 19.1 Å². The zero-order valence-corrected chi connectivity index (χ0v) is 24.5. The molecule has 1 N–H and O–H groups in total. The SMILES string of the molecule is CC(C)C.CC(C)C(C)N1CCCCC1.CCOC(=O)/C(C)=C/[C@H](C(C)C)N(C)C(=O)CNC=O. The molecule has 1 saturated heterocycles. The minimum Gasteiger partial charge on any atom is -0.463 e. The third-order valence-corrected chi connectivity index (χ3v) is 5.81. The second-order valence-electron chi connectivity index (χ2n) is 10.6. The fourth-order valence-corrected chi connectivity index (χ4v) is 3.49. The molecule has 2 atom stereocenters. The quantitative estimate of drug-likeness (QED) is 0.264. The highest BCUT2D eigenvalue weighted by Crippen LogP contribution is 2.16. The van der Waals surface area contributed by atoms with Crippen LogP contribution in [-0.4, -0.2) is 73.5 Å². The van der Waals surface area contributed by atoms with Gasteiger partial charge in [-0.1, -0.05) is 61.0 Å². The molecule has 0 spiro atoms. The Kier molecular flexibility index (Phi) is 20.5. The molecule has 1 rings (SSSR count). The van der Waals surface area contributed by atoms with Crippen LogP contribution in [0.4, 0.5) is 0 Å². The monoisotopic (exact) mass is 497 g/mol. The summed E-state index contributed by atoms with van der Waals surface area (Å²) in [6, 6.07) is 0.552. The number of ether oxygens (including phenoxy) is 1. The fraction of sp³-hybridized carbons (Fsp3) is 0.821. The normalized spacial score (nSPS) is 15.9.